The highest BCUT2D eigenvalue weighted by atomic mass is 32.1. The summed E-state index contributed by atoms with van der Waals surface area (Å²) in [6, 6.07) is 16.3. The van der Waals surface area contributed by atoms with Crippen molar-refractivity contribution >= 4 is 23.0 Å². The standard InChI is InChI=1S/C23H23FN4OS/c24-16-8-10-17(11-9-16)28-22(21(26-23(28)30)19-6-1-2-12-25-19)20-7-3-13-27(20)15-18-5-4-14-29-18/h1-3,6-13,18,21-22H,4-5,14-15H2,(H,26,30)/t18-,21-,22-/m1/s1. The predicted molar refractivity (Wildman–Crippen MR) is 118 cm³/mol. The molecular formula is C23H23FN4OS. The van der Waals surface area contributed by atoms with Crippen molar-refractivity contribution in [2.75, 3.05) is 11.5 Å². The zero-order valence-electron chi connectivity index (χ0n) is 16.4. The van der Waals surface area contributed by atoms with E-state index in [1.54, 1.807) is 18.3 Å². The predicted octanol–water partition coefficient (Wildman–Crippen LogP) is 4.38. The molecule has 2 aliphatic rings. The van der Waals surface area contributed by atoms with Gasteiger partial charge in [0.05, 0.1) is 17.8 Å². The topological polar surface area (TPSA) is 42.3 Å². The summed E-state index contributed by atoms with van der Waals surface area (Å²) in [5, 5.41) is 4.05. The van der Waals surface area contributed by atoms with E-state index in [1.807, 2.05) is 18.2 Å². The lowest BCUT2D eigenvalue weighted by atomic mass is 10.0. The van der Waals surface area contributed by atoms with Gasteiger partial charge in [0.1, 0.15) is 11.9 Å². The molecule has 2 aliphatic heterocycles. The molecule has 0 saturated carbocycles. The van der Waals surface area contributed by atoms with Gasteiger partial charge in [-0.15, -0.1) is 0 Å². The van der Waals surface area contributed by atoms with E-state index in [1.165, 1.54) is 12.1 Å². The van der Waals surface area contributed by atoms with E-state index in [0.29, 0.717) is 5.11 Å². The number of rotatable bonds is 5. The smallest absolute Gasteiger partial charge is 0.174 e. The summed E-state index contributed by atoms with van der Waals surface area (Å²) >= 11 is 5.73. The van der Waals surface area contributed by atoms with Crippen molar-refractivity contribution in [2.45, 2.75) is 37.6 Å². The van der Waals surface area contributed by atoms with E-state index < -0.39 is 0 Å². The molecule has 3 atom stereocenters. The molecule has 154 valence electrons. The van der Waals surface area contributed by atoms with Crippen LogP contribution in [0.1, 0.15) is 36.3 Å². The Morgan fingerprint density at radius 1 is 1.13 bits per heavy atom. The maximum Gasteiger partial charge on any atom is 0.174 e. The van der Waals surface area contributed by atoms with Crippen LogP contribution in [0.5, 0.6) is 0 Å². The van der Waals surface area contributed by atoms with Crippen LogP contribution in [0.15, 0.2) is 67.0 Å². The van der Waals surface area contributed by atoms with Crippen LogP contribution in [0.4, 0.5) is 10.1 Å². The van der Waals surface area contributed by atoms with Crippen molar-refractivity contribution in [3.05, 3.63) is 84.2 Å². The minimum absolute atomic E-state index is 0.116. The van der Waals surface area contributed by atoms with Crippen LogP contribution in [-0.4, -0.2) is 27.4 Å². The average Bonchev–Trinajstić information content (AvgIpc) is 3.50. The van der Waals surface area contributed by atoms with Crippen molar-refractivity contribution in [3.8, 4) is 0 Å². The first-order chi connectivity index (χ1) is 14.7. The third-order valence-corrected chi connectivity index (χ3v) is 6.11. The molecule has 0 amide bonds. The molecule has 0 radical (unpaired) electrons. The van der Waals surface area contributed by atoms with Gasteiger partial charge in [-0.2, -0.15) is 0 Å². The molecule has 4 heterocycles. The van der Waals surface area contributed by atoms with Gasteiger partial charge in [-0.05, 0) is 73.6 Å². The Bertz CT molecular complexity index is 1020. The van der Waals surface area contributed by atoms with Gasteiger partial charge >= 0.3 is 0 Å². The Balaban J connectivity index is 1.57. The number of hydrogen-bond acceptors (Lipinski definition) is 3. The molecule has 3 aromatic rings. The van der Waals surface area contributed by atoms with Gasteiger partial charge in [0.15, 0.2) is 5.11 Å². The largest absolute Gasteiger partial charge is 0.376 e. The molecule has 0 spiro atoms. The number of anilines is 1. The Morgan fingerprint density at radius 3 is 2.73 bits per heavy atom. The first kappa shape index (κ1) is 19.2. The molecule has 2 aromatic heterocycles. The zero-order valence-corrected chi connectivity index (χ0v) is 17.3. The lowest BCUT2D eigenvalue weighted by Crippen LogP contribution is -2.31. The maximum absolute atomic E-state index is 13.6. The van der Waals surface area contributed by atoms with Crippen LogP contribution >= 0.6 is 12.2 Å². The number of thiocarbonyl (C=S) groups is 1. The van der Waals surface area contributed by atoms with Crippen LogP contribution in [0.25, 0.3) is 0 Å². The number of nitrogens with zero attached hydrogens (tertiary/aromatic N) is 3. The maximum atomic E-state index is 13.6. The minimum atomic E-state index is -0.267. The summed E-state index contributed by atoms with van der Waals surface area (Å²) in [6.07, 6.45) is 6.30. The number of halogens is 1. The highest BCUT2D eigenvalue weighted by Gasteiger charge is 2.42. The minimum Gasteiger partial charge on any atom is -0.376 e. The lowest BCUT2D eigenvalue weighted by molar-refractivity contribution is 0.0961. The van der Waals surface area contributed by atoms with E-state index >= 15 is 0 Å². The monoisotopic (exact) mass is 422 g/mol. The van der Waals surface area contributed by atoms with Gasteiger partial charge in [-0.25, -0.2) is 4.39 Å². The number of pyridine rings is 1. The molecule has 7 heteroatoms. The van der Waals surface area contributed by atoms with Gasteiger partial charge in [-0.1, -0.05) is 6.07 Å². The van der Waals surface area contributed by atoms with Crippen LogP contribution in [0, 0.1) is 5.82 Å². The molecule has 0 bridgehead atoms. The van der Waals surface area contributed by atoms with Gasteiger partial charge in [0, 0.05) is 36.9 Å². The van der Waals surface area contributed by atoms with Crippen molar-refractivity contribution in [3.63, 3.8) is 0 Å². The van der Waals surface area contributed by atoms with Gasteiger partial charge in [-0.3, -0.25) is 4.98 Å². The molecule has 2 saturated heterocycles. The molecule has 5 rings (SSSR count). The van der Waals surface area contributed by atoms with E-state index in [2.05, 4.69) is 38.1 Å². The number of aromatic nitrogens is 2. The zero-order chi connectivity index (χ0) is 20.5. The number of hydrogen-bond donors (Lipinski definition) is 1. The quantitative estimate of drug-likeness (QED) is 0.618. The fourth-order valence-electron chi connectivity index (χ4n) is 4.40. The van der Waals surface area contributed by atoms with E-state index in [0.717, 1.165) is 43.1 Å². The molecular weight excluding hydrogens is 399 g/mol. The fraction of sp³-hybridized carbons (Fsp3) is 0.304. The SMILES string of the molecule is Fc1ccc(N2C(=S)N[C@H](c3ccccn3)[C@H]2c2cccn2C[C@H]2CCCO2)cc1. The Labute approximate surface area is 180 Å². The summed E-state index contributed by atoms with van der Waals surface area (Å²) in [6.45, 7) is 1.63. The summed E-state index contributed by atoms with van der Waals surface area (Å²) in [4.78, 5) is 6.65. The molecule has 0 aliphatic carbocycles. The molecule has 5 nitrogen and oxygen atoms in total. The van der Waals surface area contributed by atoms with E-state index in [4.69, 9.17) is 17.0 Å². The molecule has 30 heavy (non-hydrogen) atoms. The number of nitrogens with one attached hydrogen (secondary N) is 1. The van der Waals surface area contributed by atoms with Crippen LogP contribution in [-0.2, 0) is 11.3 Å². The molecule has 1 N–H and O–H groups in total. The normalized spacial score (nSPS) is 23.7. The first-order valence-electron chi connectivity index (χ1n) is 10.2. The van der Waals surface area contributed by atoms with E-state index in [9.17, 15) is 4.39 Å². The second-order valence-electron chi connectivity index (χ2n) is 7.69. The third kappa shape index (κ3) is 3.59. The van der Waals surface area contributed by atoms with Gasteiger partial charge in [0.25, 0.3) is 0 Å². The Kier molecular flexibility index (Phi) is 5.23. The molecule has 1 aromatic carbocycles. The fourth-order valence-corrected chi connectivity index (χ4v) is 4.75. The van der Waals surface area contributed by atoms with Gasteiger partial charge in [0.2, 0.25) is 0 Å². The average molecular weight is 423 g/mol. The van der Waals surface area contributed by atoms with Crippen molar-refractivity contribution < 1.29 is 9.13 Å². The van der Waals surface area contributed by atoms with Crippen LogP contribution < -0.4 is 10.2 Å². The number of ether oxygens (including phenoxy) is 1. The first-order valence-corrected chi connectivity index (χ1v) is 10.6. The second-order valence-corrected chi connectivity index (χ2v) is 8.08. The van der Waals surface area contributed by atoms with Crippen molar-refractivity contribution in [1.82, 2.24) is 14.9 Å². The van der Waals surface area contributed by atoms with E-state index in [-0.39, 0.29) is 24.0 Å². The van der Waals surface area contributed by atoms with Crippen LogP contribution in [0.2, 0.25) is 0 Å². The van der Waals surface area contributed by atoms with Crippen LogP contribution in [0.3, 0.4) is 0 Å². The lowest BCUT2D eigenvalue weighted by Gasteiger charge is -2.29. The highest BCUT2D eigenvalue weighted by molar-refractivity contribution is 7.80. The summed E-state index contributed by atoms with van der Waals surface area (Å²) < 4.78 is 21.7. The van der Waals surface area contributed by atoms with Gasteiger partial charge < -0.3 is 19.5 Å². The number of benzene rings is 1. The highest BCUT2D eigenvalue weighted by Crippen LogP contribution is 2.41. The summed E-state index contributed by atoms with van der Waals surface area (Å²) in [7, 11) is 0. The summed E-state index contributed by atoms with van der Waals surface area (Å²) in [5.74, 6) is -0.267. The second kappa shape index (κ2) is 8.16. The Hall–Kier alpha value is -2.77. The molecule has 2 fully saturated rings. The summed E-state index contributed by atoms with van der Waals surface area (Å²) in [5.41, 5.74) is 2.89. The van der Waals surface area contributed by atoms with Crippen molar-refractivity contribution in [2.24, 2.45) is 0 Å². The third-order valence-electron chi connectivity index (χ3n) is 5.79. The Morgan fingerprint density at radius 2 is 2.00 bits per heavy atom. The van der Waals surface area contributed by atoms with Crippen molar-refractivity contribution in [1.29, 1.82) is 0 Å². The molecule has 0 unspecified atom stereocenters.